The highest BCUT2D eigenvalue weighted by molar-refractivity contribution is 8.93. The van der Waals surface area contributed by atoms with Crippen molar-refractivity contribution in [3.8, 4) is 0 Å². The Bertz CT molecular complexity index is 764. The topological polar surface area (TPSA) is 65.3 Å². The largest absolute Gasteiger partial charge is 0.326 e. The Hall–Kier alpha value is 1.12. The predicted octanol–water partition coefficient (Wildman–Crippen LogP) is 4.95. The van der Waals surface area contributed by atoms with Gasteiger partial charge in [-0.05, 0) is 66.5 Å². The van der Waals surface area contributed by atoms with E-state index in [-0.39, 0.29) is 84.9 Å². The highest BCUT2D eigenvalue weighted by atomic mass is 79.9. The summed E-state index contributed by atoms with van der Waals surface area (Å²) >= 11 is 1.84. The molecule has 2 bridgehead atoms. The Kier molecular flexibility index (Phi) is 22.1. The van der Waals surface area contributed by atoms with Gasteiger partial charge in [0.15, 0.2) is 0 Å². The summed E-state index contributed by atoms with van der Waals surface area (Å²) in [6.45, 7) is 9.13. The molecule has 198 valence electrons. The Morgan fingerprint density at radius 1 is 0.794 bits per heavy atom. The van der Waals surface area contributed by atoms with E-state index in [1.165, 1.54) is 33.6 Å². The first-order valence-corrected chi connectivity index (χ1v) is 12.0. The van der Waals surface area contributed by atoms with Crippen molar-refractivity contribution in [3.05, 3.63) is 56.8 Å². The molecule has 0 spiro atoms. The molecule has 11 heteroatoms. The molecule has 2 heterocycles. The van der Waals surface area contributed by atoms with E-state index in [9.17, 15) is 0 Å². The summed E-state index contributed by atoms with van der Waals surface area (Å²) in [5.74, 6) is 0. The predicted molar refractivity (Wildman–Crippen MR) is 174 cm³/mol. The highest BCUT2D eigenvalue weighted by Crippen LogP contribution is 2.39. The van der Waals surface area contributed by atoms with Crippen molar-refractivity contribution in [2.75, 3.05) is 52.4 Å². The molecule has 3 aliphatic rings. The number of hydrogen-bond donors (Lipinski definition) is 4. The van der Waals surface area contributed by atoms with Gasteiger partial charge in [0.1, 0.15) is 0 Å². The second-order valence-corrected chi connectivity index (χ2v) is 9.08. The van der Waals surface area contributed by atoms with Crippen LogP contribution in [-0.4, -0.2) is 57.3 Å². The third-order valence-electron chi connectivity index (χ3n) is 6.06. The minimum absolute atomic E-state index is 0. The number of benzene rings is 1. The molecule has 0 amide bonds. The molecule has 0 saturated carbocycles. The van der Waals surface area contributed by atoms with Gasteiger partial charge < -0.3 is 21.7 Å². The molecule has 5 nitrogen and oxygen atoms in total. The maximum Gasteiger partial charge on any atom is 0.0616 e. The Balaban J connectivity index is 0. The monoisotopic (exact) mass is 813 g/mol. The molecule has 2 aromatic rings. The van der Waals surface area contributed by atoms with Crippen LogP contribution in [0.3, 0.4) is 0 Å². The first kappa shape index (κ1) is 37.3. The summed E-state index contributed by atoms with van der Waals surface area (Å²) in [6, 6.07) is 9.59. The van der Waals surface area contributed by atoms with E-state index in [4.69, 9.17) is 5.73 Å². The number of halogens is 5. The molecule has 0 radical (unpaired) electrons. The van der Waals surface area contributed by atoms with Gasteiger partial charge in [0.25, 0.3) is 0 Å². The van der Waals surface area contributed by atoms with E-state index in [0.717, 1.165) is 65.2 Å². The second-order valence-electron chi connectivity index (χ2n) is 8.12. The van der Waals surface area contributed by atoms with Crippen LogP contribution in [0.1, 0.15) is 46.0 Å². The van der Waals surface area contributed by atoms with Crippen molar-refractivity contribution < 1.29 is 0 Å². The standard InChI is InChI=1S/C23H35N5S.5BrH/c24-16-21-22-20(17-29-21)15-18-3-5-19(6-4-18)23(22)28-13-2-9-26-11-10-25-7-1-8-27-12-14-28;;;;;/h3-6,17,23,25-27H,1-2,7-16,24H2;5*1H. The minimum Gasteiger partial charge on any atom is -0.326 e. The average molecular weight is 818 g/mol. The van der Waals surface area contributed by atoms with Crippen LogP contribution in [0.2, 0.25) is 0 Å². The van der Waals surface area contributed by atoms with Gasteiger partial charge in [-0.1, -0.05) is 24.3 Å². The number of nitrogens with one attached hydrogen (secondary N) is 3. The first-order chi connectivity index (χ1) is 14.4. The smallest absolute Gasteiger partial charge is 0.0616 e. The van der Waals surface area contributed by atoms with E-state index in [0.29, 0.717) is 12.6 Å². The Morgan fingerprint density at radius 3 is 2.06 bits per heavy atom. The third-order valence-corrected chi connectivity index (χ3v) is 7.14. The lowest BCUT2D eigenvalue weighted by atomic mass is 9.87. The van der Waals surface area contributed by atoms with Crippen LogP contribution in [0.4, 0.5) is 0 Å². The molecule has 1 aliphatic heterocycles. The van der Waals surface area contributed by atoms with Crippen LogP contribution < -0.4 is 21.7 Å². The van der Waals surface area contributed by atoms with Crippen molar-refractivity contribution in [2.45, 2.75) is 31.8 Å². The molecule has 34 heavy (non-hydrogen) atoms. The second kappa shape index (κ2) is 20.1. The van der Waals surface area contributed by atoms with Crippen LogP contribution in [0, 0.1) is 0 Å². The molecule has 1 saturated heterocycles. The fourth-order valence-electron chi connectivity index (χ4n) is 4.56. The van der Waals surface area contributed by atoms with Crippen LogP contribution in [0.15, 0.2) is 29.6 Å². The van der Waals surface area contributed by atoms with E-state index in [1.54, 1.807) is 0 Å². The molecule has 1 atom stereocenters. The zero-order chi connectivity index (χ0) is 19.9. The van der Waals surface area contributed by atoms with E-state index in [2.05, 4.69) is 50.5 Å². The number of nitrogens with zero attached hydrogens (tertiary/aromatic N) is 1. The molecule has 1 fully saturated rings. The summed E-state index contributed by atoms with van der Waals surface area (Å²) in [7, 11) is 0. The van der Waals surface area contributed by atoms with Crippen molar-refractivity contribution in [1.29, 1.82) is 0 Å². The van der Waals surface area contributed by atoms with Gasteiger partial charge in [-0.25, -0.2) is 0 Å². The first-order valence-electron chi connectivity index (χ1n) is 11.1. The lowest BCUT2D eigenvalue weighted by Crippen LogP contribution is -2.39. The van der Waals surface area contributed by atoms with Crippen molar-refractivity contribution >= 4 is 96.2 Å². The molecule has 5 rings (SSSR count). The summed E-state index contributed by atoms with van der Waals surface area (Å²) in [5.41, 5.74) is 11.9. The SMILES string of the molecule is Br.Br.Br.Br.Br.NCc1scc2c1C(N1CCCNCCNCCCNCC1)c1ccc(cc1)C2. The van der Waals surface area contributed by atoms with E-state index in [1.807, 2.05) is 11.3 Å². The van der Waals surface area contributed by atoms with Crippen molar-refractivity contribution in [3.63, 3.8) is 0 Å². The Labute approximate surface area is 261 Å². The molecule has 1 aromatic carbocycles. The molecular weight excluding hydrogens is 778 g/mol. The maximum atomic E-state index is 6.18. The third kappa shape index (κ3) is 10.1. The lowest BCUT2D eigenvalue weighted by Gasteiger charge is -2.35. The van der Waals surface area contributed by atoms with Gasteiger partial charge in [0, 0.05) is 44.1 Å². The lowest BCUT2D eigenvalue weighted by molar-refractivity contribution is 0.220. The quantitative estimate of drug-likeness (QED) is 0.346. The van der Waals surface area contributed by atoms with Crippen LogP contribution in [0.25, 0.3) is 0 Å². The number of hydrogen-bond acceptors (Lipinski definition) is 6. The normalized spacial score (nSPS) is 19.1. The number of thiophene rings is 1. The molecule has 1 unspecified atom stereocenters. The fourth-order valence-corrected chi connectivity index (χ4v) is 5.52. The van der Waals surface area contributed by atoms with Gasteiger partial charge in [-0.15, -0.1) is 96.2 Å². The number of fused-ring (bicyclic) bond motifs is 2. The zero-order valence-electron chi connectivity index (χ0n) is 19.4. The maximum absolute atomic E-state index is 6.18. The summed E-state index contributed by atoms with van der Waals surface area (Å²) in [4.78, 5) is 4.04. The van der Waals surface area contributed by atoms with Gasteiger partial charge in [-0.3, -0.25) is 4.90 Å². The molecule has 1 aromatic heterocycles. The minimum atomic E-state index is 0. The number of rotatable bonds is 2. The number of nitrogens with two attached hydrogens (primary N) is 1. The molecular formula is C23H40Br5N5S. The fraction of sp³-hybridized carbons (Fsp3) is 0.565. The highest BCUT2D eigenvalue weighted by Gasteiger charge is 2.29. The molecule has 2 aliphatic carbocycles. The summed E-state index contributed by atoms with van der Waals surface area (Å²) in [6.07, 6.45) is 3.35. The van der Waals surface area contributed by atoms with Crippen LogP contribution in [-0.2, 0) is 13.0 Å². The van der Waals surface area contributed by atoms with E-state index >= 15 is 0 Å². The zero-order valence-corrected chi connectivity index (χ0v) is 28.8. The van der Waals surface area contributed by atoms with E-state index < -0.39 is 0 Å². The summed E-state index contributed by atoms with van der Waals surface area (Å²) < 4.78 is 0. The van der Waals surface area contributed by atoms with Gasteiger partial charge in [0.2, 0.25) is 0 Å². The van der Waals surface area contributed by atoms with Gasteiger partial charge in [-0.2, -0.15) is 0 Å². The van der Waals surface area contributed by atoms with Crippen LogP contribution in [0.5, 0.6) is 0 Å². The average Bonchev–Trinajstić information content (AvgIpc) is 3.11. The van der Waals surface area contributed by atoms with Gasteiger partial charge in [0.05, 0.1) is 6.04 Å². The summed E-state index contributed by atoms with van der Waals surface area (Å²) in [5, 5.41) is 13.1. The van der Waals surface area contributed by atoms with Crippen molar-refractivity contribution in [1.82, 2.24) is 20.9 Å². The Morgan fingerprint density at radius 2 is 1.41 bits per heavy atom. The van der Waals surface area contributed by atoms with Gasteiger partial charge >= 0.3 is 0 Å². The van der Waals surface area contributed by atoms with Crippen molar-refractivity contribution in [2.24, 2.45) is 5.73 Å². The molecule has 5 N–H and O–H groups in total. The van der Waals surface area contributed by atoms with Crippen LogP contribution >= 0.6 is 96.2 Å².